The number of hydrogen-bond donors (Lipinski definition) is 0. The van der Waals surface area contributed by atoms with E-state index in [1.54, 1.807) is 7.11 Å². The van der Waals surface area contributed by atoms with E-state index >= 15 is 0 Å². The molecule has 1 aromatic carbocycles. The second kappa shape index (κ2) is 6.65. The van der Waals surface area contributed by atoms with Gasteiger partial charge in [0.15, 0.2) is 0 Å². The molecule has 0 atom stereocenters. The molecule has 19 heavy (non-hydrogen) atoms. The van der Waals surface area contributed by atoms with E-state index in [1.807, 2.05) is 12.1 Å². The second-order valence-corrected chi connectivity index (χ2v) is 6.31. The Morgan fingerprint density at radius 1 is 1.16 bits per heavy atom. The molecule has 0 unspecified atom stereocenters. The van der Waals surface area contributed by atoms with Gasteiger partial charge in [-0.3, -0.25) is 0 Å². The van der Waals surface area contributed by atoms with Crippen LogP contribution in [0.5, 0.6) is 5.75 Å². The predicted molar refractivity (Wildman–Crippen MR) is 85.6 cm³/mol. The number of ether oxygens (including phenoxy) is 1. The van der Waals surface area contributed by atoms with Crippen LogP contribution in [0.25, 0.3) is 0 Å². The fourth-order valence-electron chi connectivity index (χ4n) is 3.07. The van der Waals surface area contributed by atoms with Crippen molar-refractivity contribution in [2.45, 2.75) is 32.1 Å². The largest absolute Gasteiger partial charge is 0.497 e. The summed E-state index contributed by atoms with van der Waals surface area (Å²) in [4.78, 5) is 2.38. The van der Waals surface area contributed by atoms with Crippen LogP contribution in [0.3, 0.4) is 0 Å². The normalized spacial score (nSPS) is 18.1. The van der Waals surface area contributed by atoms with Crippen LogP contribution < -0.4 is 9.64 Å². The molecule has 0 N–H and O–H groups in total. The number of nitrogens with zero attached hydrogens (tertiary/aromatic N) is 1. The molecule has 0 aromatic heterocycles. The van der Waals surface area contributed by atoms with Crippen LogP contribution in [0, 0.1) is 5.41 Å². The molecule has 106 valence electrons. The molecule has 1 aliphatic rings. The van der Waals surface area contributed by atoms with Gasteiger partial charge in [-0.05, 0) is 42.5 Å². The van der Waals surface area contributed by atoms with Crippen LogP contribution >= 0.6 is 15.9 Å². The number of alkyl halides is 1. The molecule has 1 fully saturated rings. The predicted octanol–water partition coefficient (Wildman–Crippen LogP) is 4.48. The fourth-order valence-corrected chi connectivity index (χ4v) is 3.80. The molecule has 0 bridgehead atoms. The van der Waals surface area contributed by atoms with Crippen molar-refractivity contribution in [3.05, 3.63) is 24.3 Å². The SMILES string of the molecule is COc1ccc(N(C)CC2(CBr)CCCCC2)cc1. The molecule has 0 heterocycles. The van der Waals surface area contributed by atoms with E-state index in [0.717, 1.165) is 17.6 Å². The van der Waals surface area contributed by atoms with Gasteiger partial charge in [0, 0.05) is 24.6 Å². The summed E-state index contributed by atoms with van der Waals surface area (Å²) in [6, 6.07) is 8.36. The smallest absolute Gasteiger partial charge is 0.119 e. The molecular formula is C16H24BrNO. The zero-order valence-corrected chi connectivity index (χ0v) is 13.6. The van der Waals surface area contributed by atoms with Crippen molar-refractivity contribution < 1.29 is 4.74 Å². The lowest BCUT2D eigenvalue weighted by Crippen LogP contribution is -2.38. The Labute approximate surface area is 125 Å². The molecule has 3 heteroatoms. The lowest BCUT2D eigenvalue weighted by molar-refractivity contribution is 0.232. The first-order valence-corrected chi connectivity index (χ1v) is 8.22. The van der Waals surface area contributed by atoms with Crippen LogP contribution in [0.15, 0.2) is 24.3 Å². The van der Waals surface area contributed by atoms with Crippen molar-refractivity contribution in [2.75, 3.05) is 30.9 Å². The highest BCUT2D eigenvalue weighted by Crippen LogP contribution is 2.39. The second-order valence-electron chi connectivity index (χ2n) is 5.75. The van der Waals surface area contributed by atoms with E-state index in [2.05, 4.69) is 40.0 Å². The number of anilines is 1. The Morgan fingerprint density at radius 2 is 1.79 bits per heavy atom. The average molecular weight is 326 g/mol. The number of halogens is 1. The highest BCUT2D eigenvalue weighted by molar-refractivity contribution is 9.09. The van der Waals surface area contributed by atoms with Crippen LogP contribution in [0.1, 0.15) is 32.1 Å². The summed E-state index contributed by atoms with van der Waals surface area (Å²) in [5.74, 6) is 0.921. The summed E-state index contributed by atoms with van der Waals surface area (Å²) >= 11 is 3.75. The molecule has 1 saturated carbocycles. The first kappa shape index (κ1) is 14.7. The van der Waals surface area contributed by atoms with Crippen molar-refractivity contribution in [3.63, 3.8) is 0 Å². The molecular weight excluding hydrogens is 302 g/mol. The van der Waals surface area contributed by atoms with Gasteiger partial charge in [-0.25, -0.2) is 0 Å². The molecule has 0 spiro atoms. The summed E-state index contributed by atoms with van der Waals surface area (Å²) in [5.41, 5.74) is 1.72. The van der Waals surface area contributed by atoms with E-state index in [1.165, 1.54) is 37.8 Å². The van der Waals surface area contributed by atoms with Gasteiger partial charge in [-0.2, -0.15) is 0 Å². The highest BCUT2D eigenvalue weighted by Gasteiger charge is 2.32. The first-order valence-electron chi connectivity index (χ1n) is 7.10. The van der Waals surface area contributed by atoms with Gasteiger partial charge < -0.3 is 9.64 Å². The maximum absolute atomic E-state index is 5.21. The lowest BCUT2D eigenvalue weighted by atomic mass is 9.75. The minimum atomic E-state index is 0.451. The molecule has 2 rings (SSSR count). The molecule has 1 aromatic rings. The van der Waals surface area contributed by atoms with Gasteiger partial charge >= 0.3 is 0 Å². The van der Waals surface area contributed by atoms with Crippen molar-refractivity contribution >= 4 is 21.6 Å². The Morgan fingerprint density at radius 3 is 2.32 bits per heavy atom. The summed E-state index contributed by atoms with van der Waals surface area (Å²) in [7, 11) is 3.90. The maximum atomic E-state index is 5.21. The molecule has 2 nitrogen and oxygen atoms in total. The van der Waals surface area contributed by atoms with Crippen LogP contribution in [0.2, 0.25) is 0 Å². The monoisotopic (exact) mass is 325 g/mol. The number of rotatable bonds is 5. The van der Waals surface area contributed by atoms with Crippen molar-refractivity contribution in [3.8, 4) is 5.75 Å². The Kier molecular flexibility index (Phi) is 5.14. The average Bonchev–Trinajstić information content (AvgIpc) is 2.48. The molecule has 0 radical (unpaired) electrons. The Hall–Kier alpha value is -0.700. The van der Waals surface area contributed by atoms with Crippen molar-refractivity contribution in [2.24, 2.45) is 5.41 Å². The van der Waals surface area contributed by atoms with Gasteiger partial charge in [0.25, 0.3) is 0 Å². The number of benzene rings is 1. The highest BCUT2D eigenvalue weighted by atomic mass is 79.9. The topological polar surface area (TPSA) is 12.5 Å². The third-order valence-corrected chi connectivity index (χ3v) is 5.47. The Balaban J connectivity index is 2.03. The third-order valence-electron chi connectivity index (χ3n) is 4.28. The molecule has 0 saturated heterocycles. The summed E-state index contributed by atoms with van der Waals surface area (Å²) in [5, 5.41) is 1.11. The van der Waals surface area contributed by atoms with Crippen LogP contribution in [0.4, 0.5) is 5.69 Å². The van der Waals surface area contributed by atoms with Gasteiger partial charge in [0.05, 0.1) is 7.11 Å². The minimum Gasteiger partial charge on any atom is -0.497 e. The molecule has 0 aliphatic heterocycles. The van der Waals surface area contributed by atoms with Gasteiger partial charge in [-0.15, -0.1) is 0 Å². The fraction of sp³-hybridized carbons (Fsp3) is 0.625. The maximum Gasteiger partial charge on any atom is 0.119 e. The van der Waals surface area contributed by atoms with E-state index in [-0.39, 0.29) is 0 Å². The lowest BCUT2D eigenvalue weighted by Gasteiger charge is -2.39. The molecule has 0 amide bonds. The van der Waals surface area contributed by atoms with Crippen molar-refractivity contribution in [1.29, 1.82) is 0 Å². The summed E-state index contributed by atoms with van der Waals surface area (Å²) in [6.45, 7) is 1.13. The van der Waals surface area contributed by atoms with E-state index in [0.29, 0.717) is 5.41 Å². The van der Waals surface area contributed by atoms with E-state index in [4.69, 9.17) is 4.74 Å². The zero-order valence-electron chi connectivity index (χ0n) is 12.0. The quantitative estimate of drug-likeness (QED) is 0.740. The number of hydrogen-bond acceptors (Lipinski definition) is 2. The zero-order chi connectivity index (χ0) is 13.7. The Bertz CT molecular complexity index is 384. The van der Waals surface area contributed by atoms with Crippen LogP contribution in [-0.2, 0) is 0 Å². The van der Waals surface area contributed by atoms with Crippen molar-refractivity contribution in [1.82, 2.24) is 0 Å². The first-order chi connectivity index (χ1) is 9.19. The third kappa shape index (κ3) is 3.65. The van der Waals surface area contributed by atoms with Gasteiger partial charge in [0.1, 0.15) is 5.75 Å². The minimum absolute atomic E-state index is 0.451. The van der Waals surface area contributed by atoms with E-state index < -0.39 is 0 Å². The van der Waals surface area contributed by atoms with Gasteiger partial charge in [0.2, 0.25) is 0 Å². The van der Waals surface area contributed by atoms with E-state index in [9.17, 15) is 0 Å². The van der Waals surface area contributed by atoms with Crippen LogP contribution in [-0.4, -0.2) is 26.0 Å². The summed E-state index contributed by atoms with van der Waals surface area (Å²) in [6.07, 6.45) is 6.85. The molecule has 1 aliphatic carbocycles. The number of methoxy groups -OCH3 is 1. The van der Waals surface area contributed by atoms with Gasteiger partial charge in [-0.1, -0.05) is 35.2 Å². The standard InChI is InChI=1S/C16H24BrNO/c1-18(14-6-8-15(19-2)9-7-14)13-16(12-17)10-4-3-5-11-16/h6-9H,3-5,10-13H2,1-2H3. The summed E-state index contributed by atoms with van der Waals surface area (Å²) < 4.78 is 5.21.